The molecule has 0 aromatic heterocycles. The van der Waals surface area contributed by atoms with E-state index < -0.39 is 0 Å². The Labute approximate surface area is 101 Å². The van der Waals surface area contributed by atoms with Gasteiger partial charge in [-0.15, -0.1) is 0 Å². The zero-order valence-electron chi connectivity index (χ0n) is 10.8. The number of unbranched alkanes of at least 4 members (excludes halogenated alkanes) is 2. The van der Waals surface area contributed by atoms with Gasteiger partial charge in [0.25, 0.3) is 0 Å². The molecular formula is C13H29NS. The first-order valence-corrected chi connectivity index (χ1v) is 7.81. The van der Waals surface area contributed by atoms with Gasteiger partial charge in [0.1, 0.15) is 0 Å². The Morgan fingerprint density at radius 2 is 1.87 bits per heavy atom. The monoisotopic (exact) mass is 231 g/mol. The predicted octanol–water partition coefficient (Wildman–Crippen LogP) is 4.08. The number of nitrogens with one attached hydrogen (secondary N) is 1. The fourth-order valence-corrected chi connectivity index (χ4v) is 2.41. The summed E-state index contributed by atoms with van der Waals surface area (Å²) >= 11 is 2.07. The van der Waals surface area contributed by atoms with Crippen LogP contribution in [0, 0.1) is 0 Å². The molecule has 0 aromatic rings. The van der Waals surface area contributed by atoms with E-state index in [0.29, 0.717) is 0 Å². The predicted molar refractivity (Wildman–Crippen MR) is 73.8 cm³/mol. The Morgan fingerprint density at radius 3 is 2.47 bits per heavy atom. The van der Waals surface area contributed by atoms with E-state index in [1.54, 1.807) is 0 Å². The van der Waals surface area contributed by atoms with Gasteiger partial charge in [-0.3, -0.25) is 0 Å². The average Bonchev–Trinajstić information content (AvgIpc) is 2.27. The SMILES string of the molecule is CCCNC(CC)CCCCCSCC. The molecule has 0 saturated carbocycles. The maximum Gasteiger partial charge on any atom is 0.00644 e. The summed E-state index contributed by atoms with van der Waals surface area (Å²) in [5.41, 5.74) is 0. The standard InChI is InChI=1S/C13H29NS/c1-4-11-14-13(5-2)10-8-7-9-12-15-6-3/h13-14H,4-12H2,1-3H3. The minimum Gasteiger partial charge on any atom is -0.314 e. The van der Waals surface area contributed by atoms with Crippen LogP contribution in [-0.4, -0.2) is 24.1 Å². The second kappa shape index (κ2) is 12.4. The molecule has 0 rings (SSSR count). The average molecular weight is 231 g/mol. The van der Waals surface area contributed by atoms with E-state index in [2.05, 4.69) is 37.8 Å². The van der Waals surface area contributed by atoms with Crippen molar-refractivity contribution >= 4 is 11.8 Å². The van der Waals surface area contributed by atoms with Crippen LogP contribution in [0.15, 0.2) is 0 Å². The van der Waals surface area contributed by atoms with Gasteiger partial charge in [0.05, 0.1) is 0 Å². The summed E-state index contributed by atoms with van der Waals surface area (Å²) in [5, 5.41) is 3.62. The van der Waals surface area contributed by atoms with Crippen LogP contribution in [0.25, 0.3) is 0 Å². The molecule has 0 aliphatic carbocycles. The molecule has 0 saturated heterocycles. The van der Waals surface area contributed by atoms with Crippen molar-refractivity contribution in [3.8, 4) is 0 Å². The molecule has 0 spiro atoms. The summed E-state index contributed by atoms with van der Waals surface area (Å²) in [4.78, 5) is 0. The lowest BCUT2D eigenvalue weighted by molar-refractivity contribution is 0.448. The third-order valence-electron chi connectivity index (χ3n) is 2.72. The van der Waals surface area contributed by atoms with Gasteiger partial charge >= 0.3 is 0 Å². The minimum atomic E-state index is 0.767. The molecule has 1 nitrogen and oxygen atoms in total. The van der Waals surface area contributed by atoms with Crippen LogP contribution in [-0.2, 0) is 0 Å². The second-order valence-electron chi connectivity index (χ2n) is 4.11. The Morgan fingerprint density at radius 1 is 1.07 bits per heavy atom. The summed E-state index contributed by atoms with van der Waals surface area (Å²) < 4.78 is 0. The van der Waals surface area contributed by atoms with Crippen LogP contribution in [0.5, 0.6) is 0 Å². The number of hydrogen-bond donors (Lipinski definition) is 1. The van der Waals surface area contributed by atoms with Crippen LogP contribution >= 0.6 is 11.8 Å². The van der Waals surface area contributed by atoms with Gasteiger partial charge < -0.3 is 5.32 Å². The molecule has 0 aliphatic heterocycles. The fourth-order valence-electron chi connectivity index (χ4n) is 1.71. The molecule has 0 bridgehead atoms. The van der Waals surface area contributed by atoms with E-state index in [9.17, 15) is 0 Å². The van der Waals surface area contributed by atoms with E-state index >= 15 is 0 Å². The van der Waals surface area contributed by atoms with E-state index in [1.165, 1.54) is 56.6 Å². The van der Waals surface area contributed by atoms with Crippen molar-refractivity contribution < 1.29 is 0 Å². The topological polar surface area (TPSA) is 12.0 Å². The lowest BCUT2D eigenvalue weighted by Crippen LogP contribution is -2.28. The van der Waals surface area contributed by atoms with Crippen LogP contribution in [0.3, 0.4) is 0 Å². The van der Waals surface area contributed by atoms with Crippen molar-refractivity contribution in [2.24, 2.45) is 0 Å². The molecule has 2 heteroatoms. The highest BCUT2D eigenvalue weighted by molar-refractivity contribution is 7.99. The first kappa shape index (κ1) is 15.3. The smallest absolute Gasteiger partial charge is 0.00644 e. The molecule has 1 N–H and O–H groups in total. The van der Waals surface area contributed by atoms with E-state index in [-0.39, 0.29) is 0 Å². The summed E-state index contributed by atoms with van der Waals surface area (Å²) in [6.45, 7) is 7.96. The molecule has 0 fully saturated rings. The van der Waals surface area contributed by atoms with Gasteiger partial charge in [0, 0.05) is 6.04 Å². The molecule has 0 aromatic carbocycles. The van der Waals surface area contributed by atoms with Gasteiger partial charge in [0.15, 0.2) is 0 Å². The minimum absolute atomic E-state index is 0.767. The van der Waals surface area contributed by atoms with Gasteiger partial charge in [-0.1, -0.05) is 33.6 Å². The van der Waals surface area contributed by atoms with Crippen LogP contribution in [0.4, 0.5) is 0 Å². The van der Waals surface area contributed by atoms with Gasteiger partial charge in [-0.2, -0.15) is 11.8 Å². The van der Waals surface area contributed by atoms with E-state index in [0.717, 1.165) is 6.04 Å². The summed E-state index contributed by atoms with van der Waals surface area (Å²) in [6, 6.07) is 0.767. The van der Waals surface area contributed by atoms with Gasteiger partial charge in [-0.25, -0.2) is 0 Å². The molecule has 0 radical (unpaired) electrons. The maximum atomic E-state index is 3.62. The third kappa shape index (κ3) is 10.6. The zero-order chi connectivity index (χ0) is 11.4. The van der Waals surface area contributed by atoms with E-state index in [4.69, 9.17) is 0 Å². The second-order valence-corrected chi connectivity index (χ2v) is 5.50. The van der Waals surface area contributed by atoms with Crippen LogP contribution in [0.2, 0.25) is 0 Å². The Hall–Kier alpha value is 0.310. The number of hydrogen-bond acceptors (Lipinski definition) is 2. The Balaban J connectivity index is 3.22. The lowest BCUT2D eigenvalue weighted by Gasteiger charge is -2.16. The summed E-state index contributed by atoms with van der Waals surface area (Å²) in [6.07, 6.45) is 8.13. The Bertz CT molecular complexity index is 117. The van der Waals surface area contributed by atoms with Crippen LogP contribution in [0.1, 0.15) is 59.3 Å². The van der Waals surface area contributed by atoms with Crippen LogP contribution < -0.4 is 5.32 Å². The molecule has 1 unspecified atom stereocenters. The first-order valence-electron chi connectivity index (χ1n) is 6.66. The summed E-state index contributed by atoms with van der Waals surface area (Å²) in [7, 11) is 0. The third-order valence-corrected chi connectivity index (χ3v) is 3.71. The molecule has 0 amide bonds. The van der Waals surface area contributed by atoms with Crippen molar-refractivity contribution in [2.75, 3.05) is 18.1 Å². The largest absolute Gasteiger partial charge is 0.314 e. The van der Waals surface area contributed by atoms with Gasteiger partial charge in [-0.05, 0) is 43.7 Å². The molecule has 92 valence electrons. The first-order chi connectivity index (χ1) is 7.35. The number of thioether (sulfide) groups is 1. The van der Waals surface area contributed by atoms with E-state index in [1.807, 2.05) is 0 Å². The molecule has 0 heterocycles. The van der Waals surface area contributed by atoms with Crippen molar-refractivity contribution in [1.29, 1.82) is 0 Å². The highest BCUT2D eigenvalue weighted by atomic mass is 32.2. The lowest BCUT2D eigenvalue weighted by atomic mass is 10.1. The molecule has 15 heavy (non-hydrogen) atoms. The van der Waals surface area contributed by atoms with Crippen molar-refractivity contribution in [2.45, 2.75) is 65.3 Å². The Kier molecular flexibility index (Phi) is 12.6. The van der Waals surface area contributed by atoms with Gasteiger partial charge in [0.2, 0.25) is 0 Å². The quantitative estimate of drug-likeness (QED) is 0.538. The maximum absolute atomic E-state index is 3.62. The fraction of sp³-hybridized carbons (Fsp3) is 1.00. The van der Waals surface area contributed by atoms with Crippen molar-refractivity contribution in [1.82, 2.24) is 5.32 Å². The highest BCUT2D eigenvalue weighted by Crippen LogP contribution is 2.09. The number of rotatable bonds is 11. The molecular weight excluding hydrogens is 202 g/mol. The highest BCUT2D eigenvalue weighted by Gasteiger charge is 2.03. The van der Waals surface area contributed by atoms with Crippen molar-refractivity contribution in [3.05, 3.63) is 0 Å². The zero-order valence-corrected chi connectivity index (χ0v) is 11.7. The summed E-state index contributed by atoms with van der Waals surface area (Å²) in [5.74, 6) is 2.63. The molecule has 1 atom stereocenters. The molecule has 0 aliphatic rings. The normalized spacial score (nSPS) is 13.0. The van der Waals surface area contributed by atoms with Crippen molar-refractivity contribution in [3.63, 3.8) is 0 Å².